The standard InChI is InChI=1S/C35H39F3N4.H2/c1-22(2)39-34(27-19-28(37)21-29(38)20-27)32-12-11-31(18-24(32)4)40-30-13-15-42(16-14-30)35(25(5)17-26(6)36)41-33-10-8-7-9-23(33)3;/h7-12,18-21,26,30,40H,1,5,13-17H2,2-4,6H3;1H. The second-order valence-electron chi connectivity index (χ2n) is 11.1. The molecule has 1 fully saturated rings. The number of benzene rings is 3. The lowest BCUT2D eigenvalue weighted by atomic mass is 9.96. The quantitative estimate of drug-likeness (QED) is 0.205. The summed E-state index contributed by atoms with van der Waals surface area (Å²) in [5, 5.41) is 3.64. The molecule has 1 N–H and O–H groups in total. The van der Waals surface area contributed by atoms with Crippen LogP contribution >= 0.6 is 0 Å². The van der Waals surface area contributed by atoms with Crippen LogP contribution in [0.3, 0.4) is 0 Å². The third kappa shape index (κ3) is 7.99. The predicted octanol–water partition coefficient (Wildman–Crippen LogP) is 9.11. The average Bonchev–Trinajstić information content (AvgIpc) is 2.91. The molecule has 1 atom stereocenters. The number of amidine groups is 1. The maximum Gasteiger partial charge on any atom is 0.131 e. The molecular formula is C35H41F3N4. The van der Waals surface area contributed by atoms with E-state index in [2.05, 4.69) is 28.4 Å². The fourth-order valence-electron chi connectivity index (χ4n) is 5.26. The van der Waals surface area contributed by atoms with Crippen molar-refractivity contribution in [2.75, 3.05) is 18.4 Å². The van der Waals surface area contributed by atoms with Gasteiger partial charge < -0.3 is 10.2 Å². The highest BCUT2D eigenvalue weighted by Crippen LogP contribution is 2.26. The van der Waals surface area contributed by atoms with Crippen molar-refractivity contribution >= 4 is 22.9 Å². The zero-order valence-electron chi connectivity index (χ0n) is 24.9. The molecule has 0 spiro atoms. The number of hydrogen-bond acceptors (Lipinski definition) is 3. The van der Waals surface area contributed by atoms with E-state index in [-0.39, 0.29) is 13.9 Å². The lowest BCUT2D eigenvalue weighted by molar-refractivity contribution is 0.319. The predicted molar refractivity (Wildman–Crippen MR) is 171 cm³/mol. The Balaban J connectivity index is 0.00000506. The van der Waals surface area contributed by atoms with Gasteiger partial charge in [-0.1, -0.05) is 37.4 Å². The Morgan fingerprint density at radius 3 is 2.26 bits per heavy atom. The fraction of sp³-hybridized carbons (Fsp3) is 0.314. The van der Waals surface area contributed by atoms with E-state index in [4.69, 9.17) is 4.99 Å². The van der Waals surface area contributed by atoms with Crippen LogP contribution in [0.4, 0.5) is 24.5 Å². The smallest absolute Gasteiger partial charge is 0.131 e. The molecule has 3 aromatic rings. The van der Waals surface area contributed by atoms with Gasteiger partial charge in [0.15, 0.2) is 0 Å². The largest absolute Gasteiger partial charge is 0.382 e. The fourth-order valence-corrected chi connectivity index (χ4v) is 5.26. The Bertz CT molecular complexity index is 1500. The minimum absolute atomic E-state index is 0. The molecule has 1 aliphatic rings. The van der Waals surface area contributed by atoms with Crippen LogP contribution in [-0.4, -0.2) is 41.8 Å². The summed E-state index contributed by atoms with van der Waals surface area (Å²) < 4.78 is 41.9. The number of allylic oxidation sites excluding steroid dienone is 1. The zero-order valence-corrected chi connectivity index (χ0v) is 24.9. The van der Waals surface area contributed by atoms with Crippen LogP contribution < -0.4 is 5.32 Å². The van der Waals surface area contributed by atoms with Crippen molar-refractivity contribution in [2.24, 2.45) is 9.98 Å². The molecule has 4 nitrogen and oxygen atoms in total. The van der Waals surface area contributed by atoms with Gasteiger partial charge in [-0.3, -0.25) is 4.99 Å². The van der Waals surface area contributed by atoms with Crippen molar-refractivity contribution in [1.82, 2.24) is 4.90 Å². The second kappa shape index (κ2) is 13.7. The van der Waals surface area contributed by atoms with Gasteiger partial charge in [0.05, 0.1) is 11.4 Å². The highest BCUT2D eigenvalue weighted by molar-refractivity contribution is 6.14. The van der Waals surface area contributed by atoms with E-state index in [0.717, 1.165) is 65.9 Å². The first kappa shape index (κ1) is 30.8. The Morgan fingerprint density at radius 1 is 1.00 bits per heavy atom. The van der Waals surface area contributed by atoms with Crippen molar-refractivity contribution < 1.29 is 14.6 Å². The Labute approximate surface area is 248 Å². The van der Waals surface area contributed by atoms with Crippen LogP contribution in [0.2, 0.25) is 0 Å². The van der Waals surface area contributed by atoms with Gasteiger partial charge in [-0.15, -0.1) is 0 Å². The van der Waals surface area contributed by atoms with Crippen molar-refractivity contribution in [3.8, 4) is 0 Å². The molecule has 1 aliphatic heterocycles. The van der Waals surface area contributed by atoms with Crippen LogP contribution in [0.25, 0.3) is 0 Å². The number of piperidine rings is 1. The molecule has 3 aromatic carbocycles. The van der Waals surface area contributed by atoms with Gasteiger partial charge in [-0.2, -0.15) is 0 Å². The molecule has 0 amide bonds. The Morgan fingerprint density at radius 2 is 1.67 bits per heavy atom. The highest BCUT2D eigenvalue weighted by atomic mass is 19.1. The van der Waals surface area contributed by atoms with Gasteiger partial charge >= 0.3 is 0 Å². The monoisotopic (exact) mass is 574 g/mol. The van der Waals surface area contributed by atoms with Crippen molar-refractivity contribution in [3.05, 3.63) is 119 Å². The van der Waals surface area contributed by atoms with Gasteiger partial charge in [-0.05, 0) is 87.6 Å². The van der Waals surface area contributed by atoms with Gasteiger partial charge in [0, 0.05) is 55.6 Å². The number of para-hydroxylation sites is 1. The summed E-state index contributed by atoms with van der Waals surface area (Å²) in [6, 6.07) is 17.5. The molecule has 1 heterocycles. The van der Waals surface area contributed by atoms with Crippen LogP contribution in [0.1, 0.15) is 56.8 Å². The summed E-state index contributed by atoms with van der Waals surface area (Å²) in [4.78, 5) is 11.7. The summed E-state index contributed by atoms with van der Waals surface area (Å²) in [6.07, 6.45) is 0.993. The van der Waals surface area contributed by atoms with E-state index in [9.17, 15) is 13.2 Å². The molecule has 42 heavy (non-hydrogen) atoms. The van der Waals surface area contributed by atoms with Crippen molar-refractivity contribution in [3.63, 3.8) is 0 Å². The number of anilines is 1. The number of nitrogens with one attached hydrogen (secondary N) is 1. The van der Waals surface area contributed by atoms with E-state index in [0.29, 0.717) is 22.5 Å². The lowest BCUT2D eigenvalue weighted by Crippen LogP contribution is -2.43. The highest BCUT2D eigenvalue weighted by Gasteiger charge is 2.24. The number of rotatable bonds is 9. The van der Waals surface area contributed by atoms with E-state index in [1.54, 1.807) is 13.8 Å². The van der Waals surface area contributed by atoms with Crippen molar-refractivity contribution in [1.29, 1.82) is 0 Å². The first-order valence-electron chi connectivity index (χ1n) is 14.3. The molecule has 0 aromatic heterocycles. The third-order valence-electron chi connectivity index (χ3n) is 7.27. The van der Waals surface area contributed by atoms with E-state index < -0.39 is 17.8 Å². The van der Waals surface area contributed by atoms with Crippen LogP contribution in [0.15, 0.2) is 95.1 Å². The number of aliphatic imine (C=N–C) groups is 2. The molecule has 1 saturated heterocycles. The second-order valence-corrected chi connectivity index (χ2v) is 11.1. The van der Waals surface area contributed by atoms with Gasteiger partial charge in [-0.25, -0.2) is 18.2 Å². The maximum atomic E-state index is 14.0. The maximum absolute atomic E-state index is 14.0. The van der Waals surface area contributed by atoms with Crippen molar-refractivity contribution in [2.45, 2.75) is 59.2 Å². The summed E-state index contributed by atoms with van der Waals surface area (Å²) in [6.45, 7) is 16.8. The molecule has 4 rings (SSSR count). The summed E-state index contributed by atoms with van der Waals surface area (Å²) in [5.74, 6) is -0.557. The number of aryl methyl sites for hydroxylation is 2. The number of alkyl halides is 1. The van der Waals surface area contributed by atoms with E-state index >= 15 is 0 Å². The van der Waals surface area contributed by atoms with Crippen LogP contribution in [0.5, 0.6) is 0 Å². The zero-order chi connectivity index (χ0) is 30.4. The first-order valence-corrected chi connectivity index (χ1v) is 14.3. The Kier molecular flexibility index (Phi) is 10.0. The lowest BCUT2D eigenvalue weighted by Gasteiger charge is -2.36. The minimum atomic E-state index is -0.995. The summed E-state index contributed by atoms with van der Waals surface area (Å²) in [5.41, 5.74) is 6.66. The third-order valence-corrected chi connectivity index (χ3v) is 7.27. The van der Waals surface area contributed by atoms with E-state index in [1.165, 1.54) is 12.1 Å². The minimum Gasteiger partial charge on any atom is -0.382 e. The summed E-state index contributed by atoms with van der Waals surface area (Å²) >= 11 is 0. The van der Waals surface area contributed by atoms with E-state index in [1.807, 2.05) is 56.3 Å². The molecule has 1 unspecified atom stereocenters. The number of nitrogens with zero attached hydrogens (tertiary/aromatic N) is 3. The first-order chi connectivity index (χ1) is 20.0. The molecule has 0 bridgehead atoms. The molecule has 7 heteroatoms. The van der Waals surface area contributed by atoms with Gasteiger partial charge in [0.2, 0.25) is 0 Å². The normalized spacial score (nSPS) is 15.5. The van der Waals surface area contributed by atoms with Gasteiger partial charge in [0.25, 0.3) is 0 Å². The number of hydrogen-bond donors (Lipinski definition) is 1. The molecule has 0 aliphatic carbocycles. The summed E-state index contributed by atoms with van der Waals surface area (Å²) in [7, 11) is 0. The molecule has 0 saturated carbocycles. The Hall–Kier alpha value is -4.13. The van der Waals surface area contributed by atoms with Crippen LogP contribution in [0, 0.1) is 25.5 Å². The molecular weight excluding hydrogens is 533 g/mol. The number of likely N-dealkylation sites (tertiary alicyclic amines) is 1. The van der Waals surface area contributed by atoms with Crippen LogP contribution in [-0.2, 0) is 0 Å². The average molecular weight is 575 g/mol. The topological polar surface area (TPSA) is 40.0 Å². The van der Waals surface area contributed by atoms with Gasteiger partial charge in [0.1, 0.15) is 23.6 Å². The molecule has 0 radical (unpaired) electrons. The number of halogens is 3. The molecule has 222 valence electrons. The SMILES string of the molecule is C=C(C)N=C(c1cc(F)cc(F)c1)c1ccc(NC2CCN(C(=Nc3ccccc3C)C(=C)CC(C)F)CC2)cc1C.[HH].